The van der Waals surface area contributed by atoms with Crippen LogP contribution in [0.5, 0.6) is 0 Å². The molecule has 0 aliphatic carbocycles. The van der Waals surface area contributed by atoms with Gasteiger partial charge >= 0.3 is 5.97 Å². The number of nitrogens with zero attached hydrogens (tertiary/aromatic N) is 1. The van der Waals surface area contributed by atoms with E-state index in [0.717, 1.165) is 16.6 Å². The SMILES string of the molecule is N=C(N)SCC1=CSC2C(NC(=O)Cc3cccs3)C(=O)N2C1C(=O)O. The normalized spacial score (nSPS) is 24.3. The zero-order chi connectivity index (χ0) is 18.8. The van der Waals surface area contributed by atoms with Crippen LogP contribution in [0.15, 0.2) is 28.5 Å². The monoisotopic (exact) mass is 412 g/mol. The molecule has 138 valence electrons. The quantitative estimate of drug-likeness (QED) is 0.306. The van der Waals surface area contributed by atoms with E-state index in [0.29, 0.717) is 5.57 Å². The Balaban J connectivity index is 1.67. The number of aliphatic carboxylic acids is 1. The molecule has 2 amide bonds. The van der Waals surface area contributed by atoms with E-state index in [1.807, 2.05) is 17.5 Å². The van der Waals surface area contributed by atoms with Gasteiger partial charge in [0.15, 0.2) is 11.2 Å². The first-order valence-corrected chi connectivity index (χ1v) is 10.4. The fraction of sp³-hybridized carbons (Fsp3) is 0.333. The van der Waals surface area contributed by atoms with E-state index >= 15 is 0 Å². The summed E-state index contributed by atoms with van der Waals surface area (Å²) in [6.45, 7) is 0. The van der Waals surface area contributed by atoms with Crippen molar-refractivity contribution in [1.82, 2.24) is 10.2 Å². The summed E-state index contributed by atoms with van der Waals surface area (Å²) in [5.74, 6) is -1.58. The lowest BCUT2D eigenvalue weighted by atomic mass is 9.98. The molecule has 2 aliphatic heterocycles. The van der Waals surface area contributed by atoms with Crippen molar-refractivity contribution in [3.8, 4) is 0 Å². The van der Waals surface area contributed by atoms with Crippen LogP contribution >= 0.6 is 34.9 Å². The minimum absolute atomic E-state index is 0.115. The molecule has 5 N–H and O–H groups in total. The number of thiophene rings is 1. The van der Waals surface area contributed by atoms with Crippen molar-refractivity contribution in [3.05, 3.63) is 33.4 Å². The van der Waals surface area contributed by atoms with Gasteiger partial charge in [-0.05, 0) is 22.4 Å². The van der Waals surface area contributed by atoms with Crippen LogP contribution in [0.25, 0.3) is 0 Å². The Bertz CT molecular complexity index is 780. The topological polar surface area (TPSA) is 137 Å². The number of amides is 2. The van der Waals surface area contributed by atoms with Gasteiger partial charge in [-0.2, -0.15) is 0 Å². The van der Waals surface area contributed by atoms with Crippen molar-refractivity contribution in [2.75, 3.05) is 5.75 Å². The molecule has 26 heavy (non-hydrogen) atoms. The number of carbonyl (C=O) groups is 3. The molecule has 1 saturated heterocycles. The van der Waals surface area contributed by atoms with Crippen molar-refractivity contribution < 1.29 is 19.5 Å². The third-order valence-electron chi connectivity index (χ3n) is 3.93. The Morgan fingerprint density at radius 3 is 2.85 bits per heavy atom. The number of hydrogen-bond acceptors (Lipinski definition) is 7. The van der Waals surface area contributed by atoms with E-state index in [9.17, 15) is 19.5 Å². The molecule has 0 bridgehead atoms. The molecule has 0 spiro atoms. The second-order valence-corrected chi connectivity index (χ2v) is 8.70. The Morgan fingerprint density at radius 2 is 2.23 bits per heavy atom. The predicted molar refractivity (Wildman–Crippen MR) is 102 cm³/mol. The molecule has 1 aromatic rings. The maximum Gasteiger partial charge on any atom is 0.330 e. The van der Waals surface area contributed by atoms with E-state index in [-0.39, 0.29) is 23.2 Å². The number of carbonyl (C=O) groups excluding carboxylic acids is 2. The van der Waals surface area contributed by atoms with Crippen LogP contribution in [-0.2, 0) is 20.8 Å². The Kier molecular flexibility index (Phi) is 5.58. The lowest BCUT2D eigenvalue weighted by Gasteiger charge is -2.51. The van der Waals surface area contributed by atoms with Gasteiger partial charge in [-0.1, -0.05) is 17.8 Å². The average Bonchev–Trinajstić information content (AvgIpc) is 3.09. The number of hydrogen-bond donors (Lipinski definition) is 4. The van der Waals surface area contributed by atoms with Crippen LogP contribution in [-0.4, -0.2) is 56.2 Å². The molecule has 0 saturated carbocycles. The number of carboxylic acids is 1. The highest BCUT2D eigenvalue weighted by molar-refractivity contribution is 8.13. The summed E-state index contributed by atoms with van der Waals surface area (Å²) in [5.41, 5.74) is 5.81. The van der Waals surface area contributed by atoms with Crippen molar-refractivity contribution in [1.29, 1.82) is 5.41 Å². The maximum absolute atomic E-state index is 12.5. The average molecular weight is 413 g/mol. The summed E-state index contributed by atoms with van der Waals surface area (Å²) in [7, 11) is 0. The number of β-lactam (4-membered cyclic amide) rings is 1. The Hall–Kier alpha value is -1.98. The number of thioether (sulfide) groups is 2. The number of amidine groups is 1. The van der Waals surface area contributed by atoms with Crippen molar-refractivity contribution in [3.63, 3.8) is 0 Å². The highest BCUT2D eigenvalue weighted by Gasteiger charge is 2.55. The minimum Gasteiger partial charge on any atom is -0.479 e. The molecule has 0 aromatic carbocycles. The first-order valence-electron chi connectivity index (χ1n) is 7.56. The fourth-order valence-corrected chi connectivity index (χ4v) is 5.38. The number of fused-ring (bicyclic) bond motifs is 1. The molecular formula is C15H16N4O4S3. The summed E-state index contributed by atoms with van der Waals surface area (Å²) in [5, 5.41) is 22.5. The highest BCUT2D eigenvalue weighted by Crippen LogP contribution is 2.40. The third-order valence-corrected chi connectivity index (χ3v) is 6.81. The van der Waals surface area contributed by atoms with E-state index in [4.69, 9.17) is 11.1 Å². The largest absolute Gasteiger partial charge is 0.479 e. The lowest BCUT2D eigenvalue weighted by molar-refractivity contribution is -0.160. The van der Waals surface area contributed by atoms with Gasteiger partial charge in [0.2, 0.25) is 11.8 Å². The summed E-state index contributed by atoms with van der Waals surface area (Å²) >= 11 is 3.77. The molecule has 0 radical (unpaired) electrons. The fourth-order valence-electron chi connectivity index (χ4n) is 2.79. The highest BCUT2D eigenvalue weighted by atomic mass is 32.2. The standard InChI is InChI=1S/C15H16N4O4S3/c16-15(17)26-6-7-5-25-13-10(12(21)19(13)11(7)14(22)23)18-9(20)4-8-2-1-3-24-8/h1-3,5,10-11,13H,4,6H2,(H3,16,17)(H,18,20)(H,22,23). The van der Waals surface area contributed by atoms with Crippen LogP contribution in [0.1, 0.15) is 4.88 Å². The van der Waals surface area contributed by atoms with Gasteiger partial charge in [0.25, 0.3) is 0 Å². The van der Waals surface area contributed by atoms with Crippen LogP contribution in [0.2, 0.25) is 0 Å². The van der Waals surface area contributed by atoms with E-state index in [2.05, 4.69) is 5.32 Å². The van der Waals surface area contributed by atoms with E-state index in [1.54, 1.807) is 5.41 Å². The Labute approximate surface area is 161 Å². The molecule has 3 atom stereocenters. The first-order chi connectivity index (χ1) is 12.4. The first kappa shape index (κ1) is 18.8. The van der Waals surface area contributed by atoms with Crippen molar-refractivity contribution in [2.24, 2.45) is 5.73 Å². The van der Waals surface area contributed by atoms with E-state index in [1.165, 1.54) is 28.0 Å². The molecule has 11 heteroatoms. The van der Waals surface area contributed by atoms with Gasteiger partial charge in [-0.25, -0.2) is 4.79 Å². The van der Waals surface area contributed by atoms with Crippen molar-refractivity contribution >= 4 is 57.8 Å². The van der Waals surface area contributed by atoms with Gasteiger partial charge in [0, 0.05) is 10.6 Å². The van der Waals surface area contributed by atoms with Gasteiger partial charge in [0.1, 0.15) is 11.4 Å². The van der Waals surface area contributed by atoms with Crippen molar-refractivity contribution in [2.45, 2.75) is 23.9 Å². The smallest absolute Gasteiger partial charge is 0.330 e. The van der Waals surface area contributed by atoms with Crippen LogP contribution < -0.4 is 11.1 Å². The van der Waals surface area contributed by atoms with Crippen LogP contribution in [0.4, 0.5) is 0 Å². The second-order valence-electron chi connectivity index (χ2n) is 5.66. The van der Waals surface area contributed by atoms with Gasteiger partial charge in [0.05, 0.1) is 6.42 Å². The molecule has 3 heterocycles. The zero-order valence-electron chi connectivity index (χ0n) is 13.4. The molecule has 8 nitrogen and oxygen atoms in total. The summed E-state index contributed by atoms with van der Waals surface area (Å²) in [6.07, 6.45) is 0.192. The molecule has 3 rings (SSSR count). The summed E-state index contributed by atoms with van der Waals surface area (Å²) in [4.78, 5) is 38.4. The Morgan fingerprint density at radius 1 is 1.46 bits per heavy atom. The molecule has 3 unspecified atom stereocenters. The molecule has 2 aliphatic rings. The number of carboxylic acid groups (broad SMARTS) is 1. The summed E-state index contributed by atoms with van der Waals surface area (Å²) < 4.78 is 0. The minimum atomic E-state index is -1.14. The van der Waals surface area contributed by atoms with Gasteiger partial charge in [-0.3, -0.25) is 15.0 Å². The zero-order valence-corrected chi connectivity index (χ0v) is 15.8. The summed E-state index contributed by atoms with van der Waals surface area (Å²) in [6, 6.07) is 1.87. The molecule has 1 fully saturated rings. The van der Waals surface area contributed by atoms with Gasteiger partial charge in [-0.15, -0.1) is 23.1 Å². The number of rotatable bonds is 6. The van der Waals surface area contributed by atoms with Gasteiger partial charge < -0.3 is 21.1 Å². The number of nitrogens with two attached hydrogens (primary N) is 1. The van der Waals surface area contributed by atoms with Crippen LogP contribution in [0, 0.1) is 5.41 Å². The predicted octanol–water partition coefficient (Wildman–Crippen LogP) is 0.654. The lowest BCUT2D eigenvalue weighted by Crippen LogP contribution is -2.74. The molecule has 1 aromatic heterocycles. The number of nitrogens with one attached hydrogen (secondary N) is 2. The maximum atomic E-state index is 12.5. The molecular weight excluding hydrogens is 396 g/mol. The third kappa shape index (κ3) is 3.74. The van der Waals surface area contributed by atoms with E-state index < -0.39 is 29.3 Å². The van der Waals surface area contributed by atoms with Crippen LogP contribution in [0.3, 0.4) is 0 Å². The second kappa shape index (κ2) is 7.72.